The summed E-state index contributed by atoms with van der Waals surface area (Å²) in [6.45, 7) is 4.99. The molecule has 1 N–H and O–H groups in total. The fraction of sp³-hybridized carbons (Fsp3) is 0.333. The van der Waals surface area contributed by atoms with Crippen LogP contribution in [0.1, 0.15) is 25.3 Å². The molecule has 1 saturated heterocycles. The second-order valence-corrected chi connectivity index (χ2v) is 7.54. The van der Waals surface area contributed by atoms with Crippen LogP contribution < -0.4 is 10.3 Å². The van der Waals surface area contributed by atoms with Crippen LogP contribution in [-0.4, -0.2) is 53.6 Å². The molecule has 1 aliphatic rings. The number of likely N-dealkylation sites (N-methyl/N-ethyl adjacent to an activating group) is 1. The smallest absolute Gasteiger partial charge is 0.265 e. The fourth-order valence-electron chi connectivity index (χ4n) is 4.26. The highest BCUT2D eigenvalue weighted by molar-refractivity contribution is 6.01. The van der Waals surface area contributed by atoms with Crippen molar-refractivity contribution in [3.8, 4) is 17.3 Å². The minimum absolute atomic E-state index is 0.116. The number of pyridine rings is 1. The lowest BCUT2D eigenvalue weighted by Crippen LogP contribution is -2.31. The van der Waals surface area contributed by atoms with Crippen LogP contribution in [0.5, 0.6) is 11.6 Å². The van der Waals surface area contributed by atoms with E-state index in [-0.39, 0.29) is 11.4 Å². The minimum atomic E-state index is -0.276. The molecule has 0 bridgehead atoms. The third-order valence-electron chi connectivity index (χ3n) is 5.86. The van der Waals surface area contributed by atoms with Gasteiger partial charge in [0.15, 0.2) is 0 Å². The van der Waals surface area contributed by atoms with Gasteiger partial charge in [-0.05, 0) is 44.1 Å². The lowest BCUT2D eigenvalue weighted by Gasteiger charge is -2.20. The van der Waals surface area contributed by atoms with Crippen molar-refractivity contribution in [1.29, 1.82) is 0 Å². The zero-order valence-electron chi connectivity index (χ0n) is 17.4. The molecule has 2 aromatic carbocycles. The molecule has 156 valence electrons. The topological polar surface area (TPSA) is 67.1 Å². The molecule has 30 heavy (non-hydrogen) atoms. The number of aliphatic imine (C=N–C) groups is 1. The molecule has 1 fully saturated rings. The van der Waals surface area contributed by atoms with Crippen LogP contribution >= 0.6 is 0 Å². The summed E-state index contributed by atoms with van der Waals surface area (Å²) in [7, 11) is 1.57. The summed E-state index contributed by atoms with van der Waals surface area (Å²) in [4.78, 5) is 20.3. The van der Waals surface area contributed by atoms with Crippen molar-refractivity contribution in [2.45, 2.75) is 25.8 Å². The van der Waals surface area contributed by atoms with E-state index in [1.165, 1.54) is 11.0 Å². The Morgan fingerprint density at radius 2 is 2.00 bits per heavy atom. The SMILES string of the molecule is CCN1CCC[C@H]1CN=Cc1c(O)n(-c2cccc(OC)c2)c(=O)c2ccccc12. The molecule has 0 spiro atoms. The van der Waals surface area contributed by atoms with Gasteiger partial charge in [-0.15, -0.1) is 0 Å². The molecule has 4 rings (SSSR count). The number of aromatic hydroxyl groups is 1. The third-order valence-corrected chi connectivity index (χ3v) is 5.86. The summed E-state index contributed by atoms with van der Waals surface area (Å²) < 4.78 is 6.61. The number of nitrogens with zero attached hydrogens (tertiary/aromatic N) is 3. The molecule has 6 nitrogen and oxygen atoms in total. The molecule has 1 aromatic heterocycles. The van der Waals surface area contributed by atoms with Gasteiger partial charge >= 0.3 is 0 Å². The van der Waals surface area contributed by atoms with Gasteiger partial charge in [-0.2, -0.15) is 0 Å². The van der Waals surface area contributed by atoms with E-state index < -0.39 is 0 Å². The predicted octanol–water partition coefficient (Wildman–Crippen LogP) is 3.61. The first-order valence-corrected chi connectivity index (χ1v) is 10.4. The van der Waals surface area contributed by atoms with Crippen molar-refractivity contribution in [1.82, 2.24) is 9.47 Å². The molecular formula is C24H27N3O3. The maximum Gasteiger partial charge on any atom is 0.265 e. The summed E-state index contributed by atoms with van der Waals surface area (Å²) in [5.41, 5.74) is 0.820. The van der Waals surface area contributed by atoms with Crippen LogP contribution in [0.3, 0.4) is 0 Å². The molecule has 0 saturated carbocycles. The second kappa shape index (κ2) is 8.71. The van der Waals surface area contributed by atoms with E-state index in [1.807, 2.05) is 18.2 Å². The highest BCUT2D eigenvalue weighted by atomic mass is 16.5. The number of fused-ring (bicyclic) bond motifs is 1. The van der Waals surface area contributed by atoms with E-state index in [0.29, 0.717) is 40.4 Å². The molecule has 6 heteroatoms. The molecule has 0 unspecified atom stereocenters. The summed E-state index contributed by atoms with van der Waals surface area (Å²) in [5.74, 6) is 0.498. The van der Waals surface area contributed by atoms with Crippen LogP contribution in [0.4, 0.5) is 0 Å². The van der Waals surface area contributed by atoms with Crippen LogP contribution in [0.2, 0.25) is 0 Å². The number of hydrogen-bond acceptors (Lipinski definition) is 5. The molecule has 0 aliphatic carbocycles. The largest absolute Gasteiger partial charge is 0.497 e. The molecule has 1 aliphatic heterocycles. The summed E-state index contributed by atoms with van der Waals surface area (Å²) >= 11 is 0. The molecule has 1 atom stereocenters. The van der Waals surface area contributed by atoms with Crippen LogP contribution in [0.25, 0.3) is 16.5 Å². The number of likely N-dealkylation sites (tertiary alicyclic amines) is 1. The monoisotopic (exact) mass is 405 g/mol. The van der Waals surface area contributed by atoms with Crippen molar-refractivity contribution in [2.75, 3.05) is 26.7 Å². The van der Waals surface area contributed by atoms with Gasteiger partial charge < -0.3 is 9.84 Å². The lowest BCUT2D eigenvalue weighted by molar-refractivity contribution is 0.273. The Morgan fingerprint density at radius 1 is 1.20 bits per heavy atom. The van der Waals surface area contributed by atoms with Gasteiger partial charge in [0, 0.05) is 29.1 Å². The first kappa shape index (κ1) is 20.2. The maximum absolute atomic E-state index is 13.2. The number of hydrogen-bond donors (Lipinski definition) is 1. The van der Waals surface area contributed by atoms with E-state index in [4.69, 9.17) is 4.74 Å². The van der Waals surface area contributed by atoms with Crippen molar-refractivity contribution in [3.05, 3.63) is 64.4 Å². The summed E-state index contributed by atoms with van der Waals surface area (Å²) in [6.07, 6.45) is 4.05. The van der Waals surface area contributed by atoms with Gasteiger partial charge in [-0.3, -0.25) is 14.7 Å². The average Bonchev–Trinajstić information content (AvgIpc) is 3.24. The minimum Gasteiger partial charge on any atom is -0.497 e. The van der Waals surface area contributed by atoms with E-state index in [9.17, 15) is 9.90 Å². The zero-order chi connectivity index (χ0) is 21.1. The quantitative estimate of drug-likeness (QED) is 0.636. The number of ether oxygens (including phenoxy) is 1. The zero-order valence-corrected chi connectivity index (χ0v) is 17.4. The Labute approximate surface area is 176 Å². The first-order chi connectivity index (χ1) is 14.6. The van der Waals surface area contributed by atoms with Gasteiger partial charge in [-0.1, -0.05) is 31.2 Å². The number of aromatic nitrogens is 1. The normalized spacial score (nSPS) is 17.2. The summed E-state index contributed by atoms with van der Waals surface area (Å²) in [6, 6.07) is 14.9. The Balaban J connectivity index is 1.80. The van der Waals surface area contributed by atoms with Crippen molar-refractivity contribution in [3.63, 3.8) is 0 Å². The number of methoxy groups -OCH3 is 1. The van der Waals surface area contributed by atoms with Gasteiger partial charge in [-0.25, -0.2) is 4.57 Å². The van der Waals surface area contributed by atoms with E-state index in [2.05, 4.69) is 16.8 Å². The molecule has 0 radical (unpaired) electrons. The predicted molar refractivity (Wildman–Crippen MR) is 120 cm³/mol. The first-order valence-electron chi connectivity index (χ1n) is 10.4. The molecular weight excluding hydrogens is 378 g/mol. The van der Waals surface area contributed by atoms with Gasteiger partial charge in [0.05, 0.1) is 24.9 Å². The number of rotatable bonds is 6. The van der Waals surface area contributed by atoms with E-state index in [0.717, 1.165) is 19.5 Å². The van der Waals surface area contributed by atoms with Gasteiger partial charge in [0.25, 0.3) is 5.56 Å². The molecule has 0 amide bonds. The van der Waals surface area contributed by atoms with Crippen LogP contribution in [0.15, 0.2) is 58.3 Å². The fourth-order valence-corrected chi connectivity index (χ4v) is 4.26. The Bertz CT molecular complexity index is 1140. The average molecular weight is 405 g/mol. The Morgan fingerprint density at radius 3 is 2.77 bits per heavy atom. The second-order valence-electron chi connectivity index (χ2n) is 7.54. The van der Waals surface area contributed by atoms with Gasteiger partial charge in [0.1, 0.15) is 5.75 Å². The van der Waals surface area contributed by atoms with Crippen molar-refractivity contribution >= 4 is 17.0 Å². The summed E-state index contributed by atoms with van der Waals surface area (Å²) in [5, 5.41) is 12.3. The molecule has 3 aromatic rings. The van der Waals surface area contributed by atoms with E-state index >= 15 is 0 Å². The Kier molecular flexibility index (Phi) is 5.86. The van der Waals surface area contributed by atoms with Crippen molar-refractivity contribution in [2.24, 2.45) is 4.99 Å². The van der Waals surface area contributed by atoms with Gasteiger partial charge in [0.2, 0.25) is 5.88 Å². The maximum atomic E-state index is 13.2. The third kappa shape index (κ3) is 3.71. The van der Waals surface area contributed by atoms with Crippen LogP contribution in [-0.2, 0) is 0 Å². The van der Waals surface area contributed by atoms with Crippen molar-refractivity contribution < 1.29 is 9.84 Å². The van der Waals surface area contributed by atoms with E-state index in [1.54, 1.807) is 43.7 Å². The standard InChI is InChI=1S/C24H27N3O3/c1-3-26-13-7-9-18(26)15-25-16-22-20-11-4-5-12-21(20)23(28)27(24(22)29)17-8-6-10-19(14-17)30-2/h4-6,8,10-12,14,16,18,29H,3,7,9,13,15H2,1-2H3/t18-/m0/s1. The lowest BCUT2D eigenvalue weighted by atomic mass is 10.1. The highest BCUT2D eigenvalue weighted by Gasteiger charge is 2.22. The Hall–Kier alpha value is -3.12. The number of benzene rings is 2. The molecule has 2 heterocycles. The highest BCUT2D eigenvalue weighted by Crippen LogP contribution is 2.27. The van der Waals surface area contributed by atoms with Crippen LogP contribution in [0, 0.1) is 0 Å².